The van der Waals surface area contributed by atoms with Crippen LogP contribution >= 0.6 is 23.1 Å². The van der Waals surface area contributed by atoms with Crippen LogP contribution in [0.25, 0.3) is 0 Å². The Kier molecular flexibility index (Phi) is 6.19. The summed E-state index contributed by atoms with van der Waals surface area (Å²) in [5.74, 6) is 0.0416. The monoisotopic (exact) mass is 386 g/mol. The third kappa shape index (κ3) is 5.03. The van der Waals surface area contributed by atoms with Crippen LogP contribution in [0.2, 0.25) is 0 Å². The molecule has 0 spiro atoms. The van der Waals surface area contributed by atoms with E-state index in [-0.39, 0.29) is 17.4 Å². The Morgan fingerprint density at radius 2 is 2.15 bits per heavy atom. The number of hydrogen-bond acceptors (Lipinski definition) is 6. The third-order valence-corrected chi connectivity index (χ3v) is 5.56. The van der Waals surface area contributed by atoms with Crippen molar-refractivity contribution in [2.24, 2.45) is 0 Å². The number of carbonyl (C=O) groups excluding carboxylic acids is 2. The number of hydrogen-bond donors (Lipinski definition) is 1. The first-order valence-corrected chi connectivity index (χ1v) is 9.92. The zero-order chi connectivity index (χ0) is 18.4. The largest absolute Gasteiger partial charge is 0.325 e. The van der Waals surface area contributed by atoms with Crippen molar-refractivity contribution in [1.82, 2.24) is 14.8 Å². The normalized spacial score (nSPS) is 10.7. The molecular weight excluding hydrogens is 368 g/mol. The van der Waals surface area contributed by atoms with Crippen LogP contribution in [0.4, 0.5) is 5.69 Å². The van der Waals surface area contributed by atoms with Gasteiger partial charge in [-0.2, -0.15) is 0 Å². The molecule has 0 aliphatic rings. The average Bonchev–Trinajstić information content (AvgIpc) is 3.30. The van der Waals surface area contributed by atoms with Crippen molar-refractivity contribution in [3.8, 4) is 0 Å². The van der Waals surface area contributed by atoms with Gasteiger partial charge in [-0.3, -0.25) is 9.59 Å². The van der Waals surface area contributed by atoms with E-state index in [9.17, 15) is 9.59 Å². The smallest absolute Gasteiger partial charge is 0.234 e. The van der Waals surface area contributed by atoms with Gasteiger partial charge < -0.3 is 9.88 Å². The number of Topliss-reactive ketones (excluding diaryl/α,β-unsaturated/α-hetero) is 1. The van der Waals surface area contributed by atoms with Crippen LogP contribution in [0.3, 0.4) is 0 Å². The maximum atomic E-state index is 12.2. The van der Waals surface area contributed by atoms with Crippen molar-refractivity contribution in [2.45, 2.75) is 25.0 Å². The molecule has 1 aromatic carbocycles. The summed E-state index contributed by atoms with van der Waals surface area (Å²) in [6.45, 7) is 2.28. The van der Waals surface area contributed by atoms with E-state index >= 15 is 0 Å². The standard InChI is InChI=1S/C18H18N4O2S2/c1-13(23)14-4-2-5-15(10-14)20-17(24)11-26-18-21-19-12-22(18)8-7-16-6-3-9-25-16/h2-6,9-10,12H,7-8,11H2,1H3,(H,20,24). The van der Waals surface area contributed by atoms with Gasteiger partial charge in [-0.1, -0.05) is 30.0 Å². The Bertz CT molecular complexity index is 890. The van der Waals surface area contributed by atoms with Crippen LogP contribution in [0.5, 0.6) is 0 Å². The minimum Gasteiger partial charge on any atom is -0.325 e. The van der Waals surface area contributed by atoms with E-state index in [0.717, 1.165) is 13.0 Å². The van der Waals surface area contributed by atoms with Gasteiger partial charge in [0.15, 0.2) is 10.9 Å². The summed E-state index contributed by atoms with van der Waals surface area (Å²) in [7, 11) is 0. The van der Waals surface area contributed by atoms with E-state index in [1.165, 1.54) is 23.6 Å². The molecule has 0 saturated heterocycles. The van der Waals surface area contributed by atoms with Crippen LogP contribution in [0.1, 0.15) is 22.2 Å². The molecule has 0 radical (unpaired) electrons. The molecule has 26 heavy (non-hydrogen) atoms. The molecule has 6 nitrogen and oxygen atoms in total. The second kappa shape index (κ2) is 8.77. The van der Waals surface area contributed by atoms with Crippen molar-refractivity contribution >= 4 is 40.5 Å². The lowest BCUT2D eigenvalue weighted by Gasteiger charge is -2.07. The van der Waals surface area contributed by atoms with E-state index in [0.29, 0.717) is 16.4 Å². The highest BCUT2D eigenvalue weighted by Gasteiger charge is 2.10. The van der Waals surface area contributed by atoms with Gasteiger partial charge in [0, 0.05) is 22.7 Å². The van der Waals surface area contributed by atoms with Crippen molar-refractivity contribution in [1.29, 1.82) is 0 Å². The van der Waals surface area contributed by atoms with E-state index in [1.54, 1.807) is 41.9 Å². The molecule has 3 rings (SSSR count). The van der Waals surface area contributed by atoms with Gasteiger partial charge in [0.25, 0.3) is 0 Å². The van der Waals surface area contributed by atoms with Gasteiger partial charge in [0.05, 0.1) is 5.75 Å². The second-order valence-electron chi connectivity index (χ2n) is 5.61. The number of carbonyl (C=O) groups is 2. The maximum Gasteiger partial charge on any atom is 0.234 e. The van der Waals surface area contributed by atoms with Gasteiger partial charge >= 0.3 is 0 Å². The highest BCUT2D eigenvalue weighted by atomic mass is 32.2. The molecule has 0 saturated carbocycles. The van der Waals surface area contributed by atoms with Gasteiger partial charge in [-0.25, -0.2) is 0 Å². The van der Waals surface area contributed by atoms with Crippen LogP contribution in [-0.2, 0) is 17.8 Å². The molecule has 2 heterocycles. The van der Waals surface area contributed by atoms with Crippen LogP contribution in [0.15, 0.2) is 53.3 Å². The van der Waals surface area contributed by atoms with Crippen molar-refractivity contribution in [2.75, 3.05) is 11.1 Å². The van der Waals surface area contributed by atoms with Gasteiger partial charge in [-0.05, 0) is 36.9 Å². The summed E-state index contributed by atoms with van der Waals surface area (Å²) in [6, 6.07) is 11.0. The number of aryl methyl sites for hydroxylation is 2. The van der Waals surface area contributed by atoms with Gasteiger partial charge in [-0.15, -0.1) is 21.5 Å². The fourth-order valence-corrected chi connectivity index (χ4v) is 3.78. The summed E-state index contributed by atoms with van der Waals surface area (Å²) < 4.78 is 1.95. The fraction of sp³-hybridized carbons (Fsp3) is 0.222. The Labute approximate surface area is 159 Å². The number of ketones is 1. The number of rotatable bonds is 8. The van der Waals surface area contributed by atoms with Crippen LogP contribution in [0, 0.1) is 0 Å². The highest BCUT2D eigenvalue weighted by molar-refractivity contribution is 7.99. The molecule has 0 unspecified atom stereocenters. The first kappa shape index (κ1) is 18.3. The second-order valence-corrected chi connectivity index (χ2v) is 7.58. The molecule has 0 atom stereocenters. The lowest BCUT2D eigenvalue weighted by Crippen LogP contribution is -2.15. The Balaban J connectivity index is 1.52. The number of thiophene rings is 1. The SMILES string of the molecule is CC(=O)c1cccc(NC(=O)CSc2nncn2CCc2cccs2)c1. The first-order chi connectivity index (χ1) is 12.6. The summed E-state index contributed by atoms with van der Waals surface area (Å²) in [6.07, 6.45) is 2.59. The van der Waals surface area contributed by atoms with Gasteiger partial charge in [0.1, 0.15) is 6.33 Å². The van der Waals surface area contributed by atoms with Crippen LogP contribution < -0.4 is 5.32 Å². The van der Waals surface area contributed by atoms with Gasteiger partial charge in [0.2, 0.25) is 5.91 Å². The molecule has 2 aromatic heterocycles. The molecular formula is C18H18N4O2S2. The minimum absolute atomic E-state index is 0.0330. The first-order valence-electron chi connectivity index (χ1n) is 8.05. The number of nitrogens with zero attached hydrogens (tertiary/aromatic N) is 3. The Hall–Kier alpha value is -2.45. The van der Waals surface area contributed by atoms with E-state index < -0.39 is 0 Å². The Morgan fingerprint density at radius 1 is 1.27 bits per heavy atom. The lowest BCUT2D eigenvalue weighted by molar-refractivity contribution is -0.113. The zero-order valence-electron chi connectivity index (χ0n) is 14.2. The van der Waals surface area contributed by atoms with E-state index in [4.69, 9.17) is 0 Å². The fourth-order valence-electron chi connectivity index (χ4n) is 2.34. The molecule has 1 amide bonds. The molecule has 0 fully saturated rings. The number of aromatic nitrogens is 3. The minimum atomic E-state index is -0.150. The third-order valence-electron chi connectivity index (χ3n) is 3.64. The number of thioether (sulfide) groups is 1. The Morgan fingerprint density at radius 3 is 2.92 bits per heavy atom. The molecule has 0 aliphatic carbocycles. The van der Waals surface area contributed by atoms with Crippen molar-refractivity contribution in [3.63, 3.8) is 0 Å². The summed E-state index contributed by atoms with van der Waals surface area (Å²) in [5, 5.41) is 13.6. The highest BCUT2D eigenvalue weighted by Crippen LogP contribution is 2.18. The average molecular weight is 387 g/mol. The van der Waals surface area contributed by atoms with Crippen molar-refractivity contribution in [3.05, 3.63) is 58.5 Å². The topological polar surface area (TPSA) is 76.9 Å². The molecule has 0 aliphatic heterocycles. The number of nitrogens with one attached hydrogen (secondary N) is 1. The number of benzene rings is 1. The van der Waals surface area contributed by atoms with E-state index in [1.807, 2.05) is 10.6 Å². The van der Waals surface area contributed by atoms with Crippen LogP contribution in [-0.4, -0.2) is 32.2 Å². The van der Waals surface area contributed by atoms with Crippen molar-refractivity contribution < 1.29 is 9.59 Å². The predicted molar refractivity (Wildman–Crippen MR) is 104 cm³/mol. The number of amides is 1. The lowest BCUT2D eigenvalue weighted by atomic mass is 10.1. The number of anilines is 1. The summed E-state index contributed by atoms with van der Waals surface area (Å²) in [4.78, 5) is 24.9. The zero-order valence-corrected chi connectivity index (χ0v) is 15.8. The molecule has 1 N–H and O–H groups in total. The molecule has 8 heteroatoms. The predicted octanol–water partition coefficient (Wildman–Crippen LogP) is 3.52. The summed E-state index contributed by atoms with van der Waals surface area (Å²) in [5.41, 5.74) is 1.19. The van der Waals surface area contributed by atoms with E-state index in [2.05, 4.69) is 27.0 Å². The summed E-state index contributed by atoms with van der Waals surface area (Å²) >= 11 is 3.07. The molecule has 0 bridgehead atoms. The maximum absolute atomic E-state index is 12.2. The molecule has 134 valence electrons. The quantitative estimate of drug-likeness (QED) is 0.473. The molecule has 3 aromatic rings.